The molecule has 2 nitrogen and oxygen atoms in total. The SMILES string of the molecule is S=C=CN[N]C1CCCCC1. The van der Waals surface area contributed by atoms with Crippen molar-refractivity contribution in [1.82, 2.24) is 10.9 Å². The lowest BCUT2D eigenvalue weighted by Crippen LogP contribution is -2.32. The molecule has 1 aliphatic rings. The molecule has 0 bridgehead atoms. The van der Waals surface area contributed by atoms with Gasteiger partial charge in [0, 0.05) is 6.04 Å². The van der Waals surface area contributed by atoms with Crippen molar-refractivity contribution in [2.75, 3.05) is 0 Å². The Morgan fingerprint density at radius 1 is 1.36 bits per heavy atom. The first-order valence-electron chi connectivity index (χ1n) is 4.08. The molecule has 0 heterocycles. The van der Waals surface area contributed by atoms with Crippen LogP contribution in [0.4, 0.5) is 0 Å². The maximum Gasteiger partial charge on any atom is 0.0676 e. The zero-order valence-electron chi connectivity index (χ0n) is 6.55. The van der Waals surface area contributed by atoms with Crippen molar-refractivity contribution in [1.29, 1.82) is 0 Å². The summed E-state index contributed by atoms with van der Waals surface area (Å²) in [4.78, 5) is 0. The van der Waals surface area contributed by atoms with Crippen molar-refractivity contribution < 1.29 is 0 Å². The van der Waals surface area contributed by atoms with Gasteiger partial charge in [0.1, 0.15) is 0 Å². The second-order valence-corrected chi connectivity index (χ2v) is 3.05. The lowest BCUT2D eigenvalue weighted by molar-refractivity contribution is 0.348. The standard InChI is InChI=1S/C8H13N2S/c11-7-6-9-10-8-4-2-1-3-5-8/h6,8-9H,1-5H2. The van der Waals surface area contributed by atoms with E-state index in [0.29, 0.717) is 6.04 Å². The summed E-state index contributed by atoms with van der Waals surface area (Å²) in [5.41, 5.74) is 7.03. The van der Waals surface area contributed by atoms with Gasteiger partial charge in [-0.15, -0.1) is 5.43 Å². The maximum absolute atomic E-state index is 4.49. The molecular formula is C8H13N2S. The molecule has 1 N–H and O–H groups in total. The number of nitrogens with one attached hydrogen (secondary N) is 1. The van der Waals surface area contributed by atoms with Crippen LogP contribution in [0.1, 0.15) is 32.1 Å². The van der Waals surface area contributed by atoms with E-state index in [1.807, 2.05) is 0 Å². The Morgan fingerprint density at radius 2 is 2.09 bits per heavy atom. The van der Waals surface area contributed by atoms with Gasteiger partial charge < -0.3 is 5.43 Å². The van der Waals surface area contributed by atoms with Gasteiger partial charge in [-0.05, 0) is 30.1 Å². The van der Waals surface area contributed by atoms with E-state index in [0.717, 1.165) is 0 Å². The molecule has 3 heteroatoms. The molecule has 1 radical (unpaired) electrons. The monoisotopic (exact) mass is 169 g/mol. The van der Waals surface area contributed by atoms with Crippen molar-refractivity contribution in [2.45, 2.75) is 38.1 Å². The third kappa shape index (κ3) is 3.51. The Hall–Kier alpha value is -0.370. The third-order valence-corrected chi connectivity index (χ3v) is 2.07. The first-order valence-corrected chi connectivity index (χ1v) is 4.49. The molecule has 0 saturated heterocycles. The largest absolute Gasteiger partial charge is 0.302 e. The molecule has 0 aliphatic heterocycles. The minimum atomic E-state index is 0.503. The summed E-state index contributed by atoms with van der Waals surface area (Å²) < 4.78 is 0. The van der Waals surface area contributed by atoms with Crippen LogP contribution in [0.5, 0.6) is 0 Å². The number of hydrogen-bond acceptors (Lipinski definition) is 2. The van der Waals surface area contributed by atoms with E-state index in [1.54, 1.807) is 6.20 Å². The summed E-state index contributed by atoms with van der Waals surface area (Å²) in [6, 6.07) is 0.503. The van der Waals surface area contributed by atoms with Gasteiger partial charge >= 0.3 is 0 Å². The molecule has 0 spiro atoms. The molecular weight excluding hydrogens is 156 g/mol. The molecule has 1 fully saturated rings. The molecule has 61 valence electrons. The quantitative estimate of drug-likeness (QED) is 0.512. The second-order valence-electron chi connectivity index (χ2n) is 2.81. The number of rotatable bonds is 3. The van der Waals surface area contributed by atoms with E-state index >= 15 is 0 Å². The average molecular weight is 169 g/mol. The van der Waals surface area contributed by atoms with Crippen molar-refractivity contribution >= 4 is 17.2 Å². The van der Waals surface area contributed by atoms with Crippen LogP contribution in [0, 0.1) is 0 Å². The van der Waals surface area contributed by atoms with Gasteiger partial charge in [-0.1, -0.05) is 19.3 Å². The van der Waals surface area contributed by atoms with Crippen LogP contribution in [0.15, 0.2) is 6.20 Å². The lowest BCUT2D eigenvalue weighted by Gasteiger charge is -2.19. The van der Waals surface area contributed by atoms with Gasteiger partial charge in [-0.2, -0.15) is 0 Å². The first kappa shape index (κ1) is 8.72. The van der Waals surface area contributed by atoms with Crippen molar-refractivity contribution in [2.24, 2.45) is 0 Å². The molecule has 0 atom stereocenters. The van der Waals surface area contributed by atoms with E-state index in [2.05, 4.69) is 28.1 Å². The Bertz CT molecular complexity index is 146. The molecule has 0 aromatic heterocycles. The highest BCUT2D eigenvalue weighted by Gasteiger charge is 2.12. The van der Waals surface area contributed by atoms with Crippen molar-refractivity contribution in [3.05, 3.63) is 6.20 Å². The predicted molar refractivity (Wildman–Crippen MR) is 49.3 cm³/mol. The van der Waals surface area contributed by atoms with Crippen molar-refractivity contribution in [3.63, 3.8) is 0 Å². The Balaban J connectivity index is 2.09. The van der Waals surface area contributed by atoms with E-state index < -0.39 is 0 Å². The van der Waals surface area contributed by atoms with Gasteiger partial charge in [0.05, 0.1) is 6.20 Å². The molecule has 0 amide bonds. The molecule has 0 unspecified atom stereocenters. The minimum Gasteiger partial charge on any atom is -0.302 e. The van der Waals surface area contributed by atoms with Crippen LogP contribution in [-0.4, -0.2) is 11.1 Å². The molecule has 1 aliphatic carbocycles. The number of thiocarbonyl (C=S) groups is 1. The van der Waals surface area contributed by atoms with Crippen LogP contribution >= 0.6 is 12.2 Å². The van der Waals surface area contributed by atoms with E-state index in [9.17, 15) is 0 Å². The smallest absolute Gasteiger partial charge is 0.0676 e. The summed E-state index contributed by atoms with van der Waals surface area (Å²) in [5, 5.41) is 2.46. The van der Waals surface area contributed by atoms with E-state index in [-0.39, 0.29) is 0 Å². The Labute approximate surface area is 73.0 Å². The van der Waals surface area contributed by atoms with Gasteiger partial charge in [-0.25, -0.2) is 0 Å². The highest BCUT2D eigenvalue weighted by atomic mass is 32.1. The number of nitrogens with zero attached hydrogens (tertiary/aromatic N) is 1. The van der Waals surface area contributed by atoms with Crippen LogP contribution in [0.3, 0.4) is 0 Å². The number of hydrogen-bond donors (Lipinski definition) is 1. The zero-order valence-corrected chi connectivity index (χ0v) is 7.36. The highest BCUT2D eigenvalue weighted by Crippen LogP contribution is 2.17. The van der Waals surface area contributed by atoms with Crippen LogP contribution in [0.2, 0.25) is 0 Å². The Morgan fingerprint density at radius 3 is 2.73 bits per heavy atom. The lowest BCUT2D eigenvalue weighted by atomic mass is 9.96. The molecule has 1 saturated carbocycles. The van der Waals surface area contributed by atoms with Gasteiger partial charge in [0.2, 0.25) is 0 Å². The normalized spacial score (nSPS) is 18.9. The van der Waals surface area contributed by atoms with Crippen LogP contribution in [-0.2, 0) is 0 Å². The maximum atomic E-state index is 4.49. The summed E-state index contributed by atoms with van der Waals surface area (Å²) in [6.45, 7) is 0. The summed E-state index contributed by atoms with van der Waals surface area (Å²) >= 11 is 4.49. The van der Waals surface area contributed by atoms with Gasteiger partial charge in [0.25, 0.3) is 0 Å². The molecule has 0 aromatic carbocycles. The summed E-state index contributed by atoms with van der Waals surface area (Å²) in [5.74, 6) is 0. The minimum absolute atomic E-state index is 0.503. The van der Waals surface area contributed by atoms with Crippen LogP contribution in [0.25, 0.3) is 0 Å². The zero-order chi connectivity index (χ0) is 7.94. The van der Waals surface area contributed by atoms with Crippen LogP contribution < -0.4 is 10.9 Å². The molecule has 11 heavy (non-hydrogen) atoms. The summed E-state index contributed by atoms with van der Waals surface area (Å²) in [7, 11) is 0. The highest BCUT2D eigenvalue weighted by molar-refractivity contribution is 7.78. The van der Waals surface area contributed by atoms with E-state index in [4.69, 9.17) is 0 Å². The predicted octanol–water partition coefficient (Wildman–Crippen LogP) is 1.54. The molecule has 0 aromatic rings. The fourth-order valence-electron chi connectivity index (χ4n) is 1.38. The summed E-state index contributed by atoms with van der Waals surface area (Å²) in [6.07, 6.45) is 8.02. The van der Waals surface area contributed by atoms with Crippen molar-refractivity contribution in [3.8, 4) is 0 Å². The average Bonchev–Trinajstić information content (AvgIpc) is 2.07. The topological polar surface area (TPSA) is 26.1 Å². The third-order valence-electron chi connectivity index (χ3n) is 1.96. The van der Waals surface area contributed by atoms with E-state index in [1.165, 1.54) is 32.1 Å². The van der Waals surface area contributed by atoms with Gasteiger partial charge in [0.15, 0.2) is 0 Å². The second kappa shape index (κ2) is 5.30. The first-order chi connectivity index (χ1) is 5.43. The Kier molecular flexibility index (Phi) is 4.21. The molecule has 1 rings (SSSR count). The fraction of sp³-hybridized carbons (Fsp3) is 0.750. The van der Waals surface area contributed by atoms with Gasteiger partial charge in [-0.3, -0.25) is 0 Å². The fourth-order valence-corrected chi connectivity index (χ4v) is 1.43.